The third-order valence-corrected chi connectivity index (χ3v) is 3.39. The average molecular weight is 264 g/mol. The van der Waals surface area contributed by atoms with E-state index in [0.29, 0.717) is 11.3 Å². The molecule has 1 aromatic carbocycles. The number of anilines is 1. The molecule has 1 unspecified atom stereocenters. The van der Waals surface area contributed by atoms with Gasteiger partial charge in [0.1, 0.15) is 17.4 Å². The number of carbonyl (C=O) groups excluding carboxylic acids is 2. The highest BCUT2D eigenvalue weighted by Gasteiger charge is 2.44. The maximum absolute atomic E-state index is 13.6. The van der Waals surface area contributed by atoms with Gasteiger partial charge in [0.25, 0.3) is 5.91 Å². The van der Waals surface area contributed by atoms with Crippen LogP contribution in [-0.4, -0.2) is 23.4 Å². The Labute approximate surface area is 111 Å². The molecule has 4 nitrogen and oxygen atoms in total. The molecule has 1 saturated heterocycles. The molecule has 2 amide bonds. The summed E-state index contributed by atoms with van der Waals surface area (Å²) >= 11 is 0. The Morgan fingerprint density at radius 2 is 1.95 bits per heavy atom. The fraction of sp³-hybridized carbons (Fsp3) is 0.429. The lowest BCUT2D eigenvalue weighted by molar-refractivity contribution is -0.136. The first kappa shape index (κ1) is 13.5. The quantitative estimate of drug-likeness (QED) is 0.840. The van der Waals surface area contributed by atoms with Crippen LogP contribution in [0.5, 0.6) is 0 Å². The first-order valence-electron chi connectivity index (χ1n) is 6.16. The highest BCUT2D eigenvalue weighted by Crippen LogP contribution is 2.26. The number of hydrogen-bond acceptors (Lipinski definition) is 2. The van der Waals surface area contributed by atoms with Crippen molar-refractivity contribution in [3.05, 3.63) is 29.6 Å². The van der Waals surface area contributed by atoms with Crippen molar-refractivity contribution in [2.45, 2.75) is 39.3 Å². The minimum atomic E-state index is -0.981. The molecule has 0 spiro atoms. The van der Waals surface area contributed by atoms with Crippen LogP contribution in [0.15, 0.2) is 18.2 Å². The predicted octanol–water partition coefficient (Wildman–Crippen LogP) is 1.76. The Morgan fingerprint density at radius 3 is 2.53 bits per heavy atom. The van der Waals surface area contributed by atoms with Gasteiger partial charge in [0.05, 0.1) is 0 Å². The lowest BCUT2D eigenvalue weighted by Gasteiger charge is -2.41. The van der Waals surface area contributed by atoms with E-state index in [9.17, 15) is 14.0 Å². The molecule has 102 valence electrons. The monoisotopic (exact) mass is 264 g/mol. The maximum Gasteiger partial charge on any atom is 0.252 e. The number of nitrogens with zero attached hydrogens (tertiary/aromatic N) is 1. The zero-order valence-corrected chi connectivity index (χ0v) is 11.5. The molecular weight excluding hydrogens is 247 g/mol. The van der Waals surface area contributed by atoms with Crippen LogP contribution >= 0.6 is 0 Å². The van der Waals surface area contributed by atoms with Crippen LogP contribution in [0, 0.1) is 12.7 Å². The van der Waals surface area contributed by atoms with Crippen LogP contribution in [0.4, 0.5) is 10.1 Å². The van der Waals surface area contributed by atoms with Crippen molar-refractivity contribution in [1.29, 1.82) is 0 Å². The lowest BCUT2D eigenvalue weighted by atomic mass is 9.96. The van der Waals surface area contributed by atoms with E-state index in [1.54, 1.807) is 39.8 Å². The molecule has 1 aliphatic heterocycles. The van der Waals surface area contributed by atoms with Crippen LogP contribution in [0.25, 0.3) is 0 Å². The Bertz CT molecular complexity index is 554. The Balaban J connectivity index is 2.48. The van der Waals surface area contributed by atoms with Gasteiger partial charge in [-0.05, 0) is 45.4 Å². The minimum Gasteiger partial charge on any atom is -0.340 e. The van der Waals surface area contributed by atoms with Gasteiger partial charge in [-0.3, -0.25) is 14.5 Å². The largest absolute Gasteiger partial charge is 0.340 e. The van der Waals surface area contributed by atoms with E-state index in [-0.39, 0.29) is 17.6 Å². The minimum absolute atomic E-state index is 0.245. The van der Waals surface area contributed by atoms with Crippen molar-refractivity contribution in [2.24, 2.45) is 0 Å². The van der Waals surface area contributed by atoms with Crippen LogP contribution in [0.3, 0.4) is 0 Å². The van der Waals surface area contributed by atoms with Crippen molar-refractivity contribution < 1.29 is 14.0 Å². The predicted molar refractivity (Wildman–Crippen MR) is 70.3 cm³/mol. The molecule has 1 atom stereocenters. The van der Waals surface area contributed by atoms with E-state index in [1.165, 1.54) is 11.0 Å². The van der Waals surface area contributed by atoms with Crippen LogP contribution in [-0.2, 0) is 9.59 Å². The molecular formula is C14H17FN2O2. The summed E-state index contributed by atoms with van der Waals surface area (Å²) in [6.45, 7) is 6.55. The van der Waals surface area contributed by atoms with E-state index >= 15 is 0 Å². The third-order valence-electron chi connectivity index (χ3n) is 3.39. The third kappa shape index (κ3) is 2.20. The summed E-state index contributed by atoms with van der Waals surface area (Å²) in [7, 11) is 0. The number of aryl methyl sites for hydroxylation is 1. The summed E-state index contributed by atoms with van der Waals surface area (Å²) in [6.07, 6.45) is 0. The van der Waals surface area contributed by atoms with Gasteiger partial charge < -0.3 is 5.32 Å². The van der Waals surface area contributed by atoms with Crippen molar-refractivity contribution >= 4 is 17.5 Å². The number of rotatable bonds is 1. The molecule has 0 aromatic heterocycles. The molecule has 19 heavy (non-hydrogen) atoms. The van der Waals surface area contributed by atoms with Crippen molar-refractivity contribution in [2.75, 3.05) is 4.90 Å². The molecule has 1 aliphatic rings. The standard InChI is InChI=1S/C14H17FN2O2/c1-8-5-6-10(7-11(8)15)17-9(2)12(18)16-14(3,4)13(17)19/h5-7,9H,1-4H3,(H,16,18). The second-order valence-electron chi connectivity index (χ2n) is 5.40. The summed E-state index contributed by atoms with van der Waals surface area (Å²) < 4.78 is 13.6. The van der Waals surface area contributed by atoms with Gasteiger partial charge in [-0.2, -0.15) is 0 Å². The van der Waals surface area contributed by atoms with Gasteiger partial charge in [0.2, 0.25) is 5.91 Å². The van der Waals surface area contributed by atoms with Gasteiger partial charge in [-0.15, -0.1) is 0 Å². The van der Waals surface area contributed by atoms with Gasteiger partial charge in [-0.25, -0.2) is 4.39 Å². The Hall–Kier alpha value is -1.91. The molecule has 1 aromatic rings. The molecule has 0 bridgehead atoms. The SMILES string of the molecule is Cc1ccc(N2C(=O)C(C)(C)NC(=O)C2C)cc1F. The first-order chi connectivity index (χ1) is 8.74. The number of amides is 2. The zero-order chi connectivity index (χ0) is 14.4. The summed E-state index contributed by atoms with van der Waals surface area (Å²) in [5.41, 5.74) is -0.0709. The number of piperazine rings is 1. The number of hydrogen-bond donors (Lipinski definition) is 1. The fourth-order valence-electron chi connectivity index (χ4n) is 2.13. The van der Waals surface area contributed by atoms with E-state index in [2.05, 4.69) is 5.32 Å². The second-order valence-corrected chi connectivity index (χ2v) is 5.40. The van der Waals surface area contributed by atoms with Gasteiger partial charge in [0.15, 0.2) is 0 Å². The first-order valence-corrected chi connectivity index (χ1v) is 6.16. The van der Waals surface area contributed by atoms with E-state index in [1.807, 2.05) is 0 Å². The summed E-state index contributed by atoms with van der Waals surface area (Å²) in [5.74, 6) is -0.880. The highest BCUT2D eigenvalue weighted by atomic mass is 19.1. The number of nitrogens with one attached hydrogen (secondary N) is 1. The van der Waals surface area contributed by atoms with Crippen molar-refractivity contribution in [1.82, 2.24) is 5.32 Å². The van der Waals surface area contributed by atoms with Crippen LogP contribution < -0.4 is 10.2 Å². The maximum atomic E-state index is 13.6. The molecule has 1 fully saturated rings. The molecule has 0 aliphatic carbocycles. The Kier molecular flexibility index (Phi) is 3.08. The number of carbonyl (C=O) groups is 2. The van der Waals surface area contributed by atoms with Gasteiger partial charge >= 0.3 is 0 Å². The topological polar surface area (TPSA) is 49.4 Å². The Morgan fingerprint density at radius 1 is 1.32 bits per heavy atom. The van der Waals surface area contributed by atoms with Gasteiger partial charge in [0, 0.05) is 5.69 Å². The van der Waals surface area contributed by atoms with E-state index < -0.39 is 11.6 Å². The molecule has 1 N–H and O–H groups in total. The zero-order valence-electron chi connectivity index (χ0n) is 11.5. The van der Waals surface area contributed by atoms with Crippen LogP contribution in [0.1, 0.15) is 26.3 Å². The average Bonchev–Trinajstić information content (AvgIpc) is 2.31. The molecule has 0 radical (unpaired) electrons. The summed E-state index contributed by atoms with van der Waals surface area (Å²) in [4.78, 5) is 25.6. The molecule has 5 heteroatoms. The van der Waals surface area contributed by atoms with E-state index in [0.717, 1.165) is 0 Å². The molecule has 2 rings (SSSR count). The number of halogens is 1. The number of benzene rings is 1. The van der Waals surface area contributed by atoms with Crippen LogP contribution in [0.2, 0.25) is 0 Å². The fourth-order valence-corrected chi connectivity index (χ4v) is 2.13. The normalized spacial score (nSPS) is 22.4. The van der Waals surface area contributed by atoms with E-state index in [4.69, 9.17) is 0 Å². The lowest BCUT2D eigenvalue weighted by Crippen LogP contribution is -2.67. The molecule has 1 heterocycles. The van der Waals surface area contributed by atoms with Crippen molar-refractivity contribution in [3.8, 4) is 0 Å². The van der Waals surface area contributed by atoms with Gasteiger partial charge in [-0.1, -0.05) is 6.07 Å². The smallest absolute Gasteiger partial charge is 0.252 e. The summed E-state index contributed by atoms with van der Waals surface area (Å²) in [6, 6.07) is 3.90. The second kappa shape index (κ2) is 4.33. The van der Waals surface area contributed by atoms with Crippen molar-refractivity contribution in [3.63, 3.8) is 0 Å². The molecule has 0 saturated carbocycles. The highest BCUT2D eigenvalue weighted by molar-refractivity contribution is 6.10. The summed E-state index contributed by atoms with van der Waals surface area (Å²) in [5, 5.41) is 2.66.